The summed E-state index contributed by atoms with van der Waals surface area (Å²) in [7, 11) is 0. The fraction of sp³-hybridized carbons (Fsp3) is 0.250. The van der Waals surface area contributed by atoms with Gasteiger partial charge in [0.2, 0.25) is 0 Å². The average Bonchev–Trinajstić information content (AvgIpc) is 2.46. The van der Waals surface area contributed by atoms with Gasteiger partial charge in [0, 0.05) is 16.2 Å². The van der Waals surface area contributed by atoms with Crippen molar-refractivity contribution in [2.75, 3.05) is 5.75 Å². The third-order valence-electron chi connectivity index (χ3n) is 2.78. The Kier molecular flexibility index (Phi) is 4.79. The predicted molar refractivity (Wildman–Crippen MR) is 85.5 cm³/mol. The molecule has 0 aliphatic heterocycles. The number of hydrogen-bond acceptors (Lipinski definition) is 2. The summed E-state index contributed by atoms with van der Waals surface area (Å²) in [6, 6.07) is 14.1. The summed E-state index contributed by atoms with van der Waals surface area (Å²) in [6.45, 7) is 4.45. The van der Waals surface area contributed by atoms with E-state index in [0.717, 1.165) is 17.0 Å². The first kappa shape index (κ1) is 14.6. The first-order valence-electron chi connectivity index (χ1n) is 6.65. The van der Waals surface area contributed by atoms with Crippen molar-refractivity contribution < 1.29 is 5.41 Å². The number of rotatable bonds is 5. The van der Waals surface area contributed by atoms with Crippen molar-refractivity contribution in [1.29, 1.82) is 0 Å². The van der Waals surface area contributed by atoms with Crippen LogP contribution in [0.25, 0.3) is 11.3 Å². The Morgan fingerprint density at radius 1 is 1.20 bits per heavy atom. The maximum Gasteiger partial charge on any atom is 0.289 e. The maximum absolute atomic E-state index is 5.58. The van der Waals surface area contributed by atoms with E-state index in [9.17, 15) is 0 Å². The molecule has 0 amide bonds. The molecule has 0 saturated heterocycles. The van der Waals surface area contributed by atoms with Crippen LogP contribution in [0.5, 0.6) is 0 Å². The molecule has 2 aromatic rings. The molecule has 0 atom stereocenters. The van der Waals surface area contributed by atoms with Gasteiger partial charge in [-0.05, 0) is 30.2 Å². The smallest absolute Gasteiger partial charge is 0.286 e. The van der Waals surface area contributed by atoms with Crippen molar-refractivity contribution in [3.8, 4) is 11.3 Å². The van der Waals surface area contributed by atoms with Gasteiger partial charge in [-0.1, -0.05) is 32.0 Å². The number of pyridine rings is 1. The normalized spacial score (nSPS) is 10.8. The molecular weight excluding hydrogens is 266 g/mol. The highest BCUT2D eigenvalue weighted by Gasteiger charge is 2.06. The number of benzene rings is 1. The summed E-state index contributed by atoms with van der Waals surface area (Å²) in [5, 5.41) is 5.58. The van der Waals surface area contributed by atoms with Crippen LogP contribution in [-0.2, 0) is 0 Å². The second-order valence-electron chi connectivity index (χ2n) is 5.09. The zero-order chi connectivity index (χ0) is 14.5. The Balaban J connectivity index is 2.17. The largest absolute Gasteiger partial charge is 0.289 e. The zero-order valence-corrected chi connectivity index (χ0v) is 12.7. The van der Waals surface area contributed by atoms with Gasteiger partial charge in [0.05, 0.1) is 5.69 Å². The Morgan fingerprint density at radius 3 is 2.50 bits per heavy atom. The van der Waals surface area contributed by atoms with Crippen molar-refractivity contribution in [2.45, 2.75) is 18.7 Å². The number of nitrogens with two attached hydrogens (primary N) is 2. The lowest BCUT2D eigenvalue weighted by Gasteiger charge is -2.06. The van der Waals surface area contributed by atoms with Crippen LogP contribution in [-0.4, -0.2) is 16.6 Å². The summed E-state index contributed by atoms with van der Waals surface area (Å²) in [5.41, 5.74) is 8.16. The van der Waals surface area contributed by atoms with Crippen molar-refractivity contribution in [3.63, 3.8) is 0 Å². The van der Waals surface area contributed by atoms with Gasteiger partial charge in [0.15, 0.2) is 5.69 Å². The van der Waals surface area contributed by atoms with Crippen LogP contribution in [0.3, 0.4) is 0 Å². The van der Waals surface area contributed by atoms with Crippen LogP contribution in [0.15, 0.2) is 47.4 Å². The van der Waals surface area contributed by atoms with E-state index in [0.29, 0.717) is 11.6 Å². The van der Waals surface area contributed by atoms with E-state index in [4.69, 9.17) is 11.1 Å². The van der Waals surface area contributed by atoms with Gasteiger partial charge in [0.25, 0.3) is 5.84 Å². The topological polar surface area (TPSA) is 64.5 Å². The van der Waals surface area contributed by atoms with Gasteiger partial charge >= 0.3 is 0 Å². The summed E-state index contributed by atoms with van der Waals surface area (Å²) in [6.07, 6.45) is 0. The van der Waals surface area contributed by atoms with Gasteiger partial charge in [-0.25, -0.2) is 4.98 Å². The lowest BCUT2D eigenvalue weighted by molar-refractivity contribution is -0.114. The lowest BCUT2D eigenvalue weighted by atomic mass is 10.1. The highest BCUT2D eigenvalue weighted by molar-refractivity contribution is 7.99. The van der Waals surface area contributed by atoms with E-state index in [1.165, 1.54) is 4.90 Å². The fourth-order valence-corrected chi connectivity index (χ4v) is 2.60. The zero-order valence-electron chi connectivity index (χ0n) is 11.8. The van der Waals surface area contributed by atoms with E-state index < -0.39 is 0 Å². The molecule has 4 heteroatoms. The summed E-state index contributed by atoms with van der Waals surface area (Å²) in [4.78, 5) is 5.73. The van der Waals surface area contributed by atoms with Crippen LogP contribution in [0, 0.1) is 5.92 Å². The first-order chi connectivity index (χ1) is 9.56. The molecule has 0 saturated carbocycles. The SMILES string of the molecule is CC(C)CSc1ccc(-c2cccc(C(N)=[NH2+])n2)cc1. The number of hydrogen-bond donors (Lipinski definition) is 2. The van der Waals surface area contributed by atoms with Crippen molar-refractivity contribution >= 4 is 17.6 Å². The maximum atomic E-state index is 5.58. The van der Waals surface area contributed by atoms with Gasteiger partial charge in [-0.3, -0.25) is 11.1 Å². The highest BCUT2D eigenvalue weighted by Crippen LogP contribution is 2.24. The Morgan fingerprint density at radius 2 is 1.90 bits per heavy atom. The summed E-state index contributed by atoms with van der Waals surface area (Å²) in [5.74, 6) is 2.07. The molecule has 0 bridgehead atoms. The molecule has 1 heterocycles. The van der Waals surface area contributed by atoms with E-state index in [2.05, 4.69) is 43.1 Å². The molecule has 0 radical (unpaired) electrons. The molecular formula is C16H20N3S+. The van der Waals surface area contributed by atoms with Crippen molar-refractivity contribution in [3.05, 3.63) is 48.2 Å². The molecule has 2 rings (SSSR count). The van der Waals surface area contributed by atoms with E-state index in [1.807, 2.05) is 30.0 Å². The van der Waals surface area contributed by atoms with E-state index in [-0.39, 0.29) is 5.84 Å². The van der Waals surface area contributed by atoms with Crippen LogP contribution in [0.1, 0.15) is 19.5 Å². The molecule has 0 aliphatic rings. The van der Waals surface area contributed by atoms with Crippen molar-refractivity contribution in [1.82, 2.24) is 4.98 Å². The Labute approximate surface area is 124 Å². The molecule has 3 nitrogen and oxygen atoms in total. The first-order valence-corrected chi connectivity index (χ1v) is 7.63. The second-order valence-corrected chi connectivity index (χ2v) is 6.19. The van der Waals surface area contributed by atoms with Gasteiger partial charge in [-0.2, -0.15) is 0 Å². The minimum Gasteiger partial charge on any atom is -0.286 e. The molecule has 0 unspecified atom stereocenters. The third kappa shape index (κ3) is 3.84. The van der Waals surface area contributed by atoms with Crippen LogP contribution in [0.2, 0.25) is 0 Å². The summed E-state index contributed by atoms with van der Waals surface area (Å²) >= 11 is 1.88. The van der Waals surface area contributed by atoms with Gasteiger partial charge < -0.3 is 0 Å². The molecule has 0 fully saturated rings. The number of thioether (sulfide) groups is 1. The predicted octanol–water partition coefficient (Wildman–Crippen LogP) is 1.96. The fourth-order valence-electron chi connectivity index (χ4n) is 1.74. The monoisotopic (exact) mass is 286 g/mol. The Hall–Kier alpha value is -1.81. The number of nitrogens with zero attached hydrogens (tertiary/aromatic N) is 1. The lowest BCUT2D eigenvalue weighted by Crippen LogP contribution is -2.46. The Bertz CT molecular complexity index is 591. The molecule has 104 valence electrons. The number of amidine groups is 1. The van der Waals surface area contributed by atoms with Crippen molar-refractivity contribution in [2.24, 2.45) is 11.7 Å². The average molecular weight is 286 g/mol. The van der Waals surface area contributed by atoms with Crippen LogP contribution in [0.4, 0.5) is 0 Å². The molecule has 1 aromatic carbocycles. The summed E-state index contributed by atoms with van der Waals surface area (Å²) < 4.78 is 0. The van der Waals surface area contributed by atoms with Crippen LogP contribution >= 0.6 is 11.8 Å². The second kappa shape index (κ2) is 6.57. The van der Waals surface area contributed by atoms with E-state index in [1.54, 1.807) is 0 Å². The van der Waals surface area contributed by atoms with E-state index >= 15 is 0 Å². The van der Waals surface area contributed by atoms with Crippen LogP contribution < -0.4 is 11.1 Å². The molecule has 1 aromatic heterocycles. The molecule has 4 N–H and O–H groups in total. The molecule has 20 heavy (non-hydrogen) atoms. The highest BCUT2D eigenvalue weighted by atomic mass is 32.2. The number of aromatic nitrogens is 1. The van der Waals surface area contributed by atoms with Gasteiger partial charge in [-0.15, -0.1) is 11.8 Å². The van der Waals surface area contributed by atoms with Gasteiger partial charge in [0.1, 0.15) is 0 Å². The molecule has 0 spiro atoms. The minimum absolute atomic E-state index is 0.246. The standard InChI is InChI=1S/C16H19N3S/c1-11(2)10-20-13-8-6-12(7-9-13)14-4-3-5-15(19-14)16(17)18/h3-9,11H,10H2,1-2H3,(H3,17,18)/p+1. The molecule has 0 aliphatic carbocycles. The minimum atomic E-state index is 0.246. The third-order valence-corrected chi connectivity index (χ3v) is 4.22. The quantitative estimate of drug-likeness (QED) is 0.502.